The number of hydrogen-bond acceptors (Lipinski definition) is 5. The van der Waals surface area contributed by atoms with Crippen molar-refractivity contribution in [2.75, 3.05) is 20.8 Å². The van der Waals surface area contributed by atoms with Gasteiger partial charge in [-0.2, -0.15) is 18.2 Å². The molecule has 18 heavy (non-hydrogen) atoms. The zero-order valence-electron chi connectivity index (χ0n) is 10.2. The monoisotopic (exact) mass is 265 g/mol. The van der Waals surface area contributed by atoms with Gasteiger partial charge in [-0.25, -0.2) is 4.98 Å². The summed E-state index contributed by atoms with van der Waals surface area (Å²) in [5.74, 6) is -0.120. The molecule has 0 aliphatic carbocycles. The number of hydrogen-bond donors (Lipinski definition) is 1. The zero-order chi connectivity index (χ0) is 13.8. The van der Waals surface area contributed by atoms with E-state index in [1.54, 1.807) is 6.92 Å². The number of methoxy groups -OCH3 is 2. The SMILES string of the molecule is CCNC(c1ncc(OC)nc1OC)C(F)(F)F. The lowest BCUT2D eigenvalue weighted by Crippen LogP contribution is -2.35. The van der Waals surface area contributed by atoms with Crippen molar-refractivity contribution in [3.63, 3.8) is 0 Å². The van der Waals surface area contributed by atoms with E-state index in [2.05, 4.69) is 15.3 Å². The standard InChI is InChI=1S/C10H14F3N3O2/c1-4-14-8(10(11,12)13)7-9(18-3)16-6(17-2)5-15-7/h5,8,14H,4H2,1-3H3. The maximum atomic E-state index is 12.9. The Labute approximate surface area is 102 Å². The van der Waals surface area contributed by atoms with Gasteiger partial charge in [0.1, 0.15) is 5.69 Å². The van der Waals surface area contributed by atoms with Crippen molar-refractivity contribution in [3.05, 3.63) is 11.9 Å². The highest BCUT2D eigenvalue weighted by Gasteiger charge is 2.43. The van der Waals surface area contributed by atoms with Crippen molar-refractivity contribution in [2.45, 2.75) is 19.1 Å². The molecular weight excluding hydrogens is 251 g/mol. The molecule has 0 spiro atoms. The predicted molar refractivity (Wildman–Crippen MR) is 57.6 cm³/mol. The molecule has 102 valence electrons. The Hall–Kier alpha value is -1.57. The molecule has 0 saturated carbocycles. The maximum absolute atomic E-state index is 12.9. The summed E-state index contributed by atoms with van der Waals surface area (Å²) < 4.78 is 48.2. The van der Waals surface area contributed by atoms with Gasteiger partial charge in [-0.3, -0.25) is 0 Å². The van der Waals surface area contributed by atoms with Crippen LogP contribution in [0.2, 0.25) is 0 Å². The molecule has 0 saturated heterocycles. The van der Waals surface area contributed by atoms with Gasteiger partial charge in [-0.1, -0.05) is 6.92 Å². The summed E-state index contributed by atoms with van der Waals surface area (Å²) >= 11 is 0. The summed E-state index contributed by atoms with van der Waals surface area (Å²) in [6, 6.07) is -1.92. The summed E-state index contributed by atoms with van der Waals surface area (Å²) in [6.45, 7) is 1.71. The minimum absolute atomic E-state index is 0.0908. The lowest BCUT2D eigenvalue weighted by Gasteiger charge is -2.21. The smallest absolute Gasteiger partial charge is 0.409 e. The van der Waals surface area contributed by atoms with Gasteiger partial charge >= 0.3 is 6.18 Å². The molecule has 0 fully saturated rings. The third-order valence-electron chi connectivity index (χ3n) is 2.16. The van der Waals surface area contributed by atoms with E-state index in [0.29, 0.717) is 0 Å². The van der Waals surface area contributed by atoms with Crippen LogP contribution in [0.3, 0.4) is 0 Å². The van der Waals surface area contributed by atoms with Crippen LogP contribution in [0.5, 0.6) is 11.8 Å². The molecule has 1 unspecified atom stereocenters. The Morgan fingerprint density at radius 2 is 2.00 bits per heavy atom. The van der Waals surface area contributed by atoms with E-state index in [9.17, 15) is 13.2 Å². The first-order chi connectivity index (χ1) is 8.43. The van der Waals surface area contributed by atoms with E-state index in [1.165, 1.54) is 14.2 Å². The summed E-state index contributed by atoms with van der Waals surface area (Å²) in [4.78, 5) is 7.49. The Balaban J connectivity index is 3.19. The fourth-order valence-corrected chi connectivity index (χ4v) is 1.38. The number of alkyl halides is 3. The van der Waals surface area contributed by atoms with Crippen molar-refractivity contribution < 1.29 is 22.6 Å². The molecule has 1 N–H and O–H groups in total. The van der Waals surface area contributed by atoms with Gasteiger partial charge in [0.2, 0.25) is 11.8 Å². The summed E-state index contributed by atoms with van der Waals surface area (Å²) in [6.07, 6.45) is -3.36. The van der Waals surface area contributed by atoms with Crippen molar-refractivity contribution in [2.24, 2.45) is 0 Å². The Kier molecular flexibility index (Phi) is 4.71. The highest BCUT2D eigenvalue weighted by atomic mass is 19.4. The molecule has 1 aromatic heterocycles. The van der Waals surface area contributed by atoms with Crippen molar-refractivity contribution in [1.29, 1.82) is 0 Å². The van der Waals surface area contributed by atoms with Gasteiger partial charge in [0.25, 0.3) is 0 Å². The predicted octanol–water partition coefficient (Wildman–Crippen LogP) is 1.71. The quantitative estimate of drug-likeness (QED) is 0.878. The molecule has 0 aromatic carbocycles. The summed E-state index contributed by atoms with van der Waals surface area (Å²) in [5.41, 5.74) is -0.312. The molecule has 0 aliphatic heterocycles. The lowest BCUT2D eigenvalue weighted by molar-refractivity contribution is -0.158. The Bertz CT molecular complexity index is 398. The van der Waals surface area contributed by atoms with Crippen molar-refractivity contribution >= 4 is 0 Å². The van der Waals surface area contributed by atoms with Crippen LogP contribution in [0.4, 0.5) is 13.2 Å². The molecule has 0 amide bonds. The average Bonchev–Trinajstić information content (AvgIpc) is 2.34. The molecule has 1 heterocycles. The number of rotatable bonds is 5. The minimum atomic E-state index is -4.48. The molecule has 0 aliphatic rings. The van der Waals surface area contributed by atoms with Crippen LogP contribution < -0.4 is 14.8 Å². The molecule has 0 bridgehead atoms. The summed E-state index contributed by atoms with van der Waals surface area (Å²) in [5, 5.41) is 2.30. The lowest BCUT2D eigenvalue weighted by atomic mass is 10.2. The molecule has 5 nitrogen and oxygen atoms in total. The largest absolute Gasteiger partial charge is 0.480 e. The van der Waals surface area contributed by atoms with E-state index < -0.39 is 12.2 Å². The van der Waals surface area contributed by atoms with E-state index in [4.69, 9.17) is 9.47 Å². The Morgan fingerprint density at radius 3 is 2.44 bits per heavy atom. The van der Waals surface area contributed by atoms with Gasteiger partial charge in [0.05, 0.1) is 20.4 Å². The number of nitrogens with zero attached hydrogens (tertiary/aromatic N) is 2. The highest BCUT2D eigenvalue weighted by molar-refractivity contribution is 5.26. The molecule has 1 rings (SSSR count). The van der Waals surface area contributed by atoms with Crippen LogP contribution in [0.25, 0.3) is 0 Å². The van der Waals surface area contributed by atoms with Crippen molar-refractivity contribution in [1.82, 2.24) is 15.3 Å². The van der Waals surface area contributed by atoms with E-state index in [0.717, 1.165) is 6.20 Å². The van der Waals surface area contributed by atoms with E-state index in [-0.39, 0.29) is 24.0 Å². The number of nitrogens with one attached hydrogen (secondary N) is 1. The molecule has 1 atom stereocenters. The fraction of sp³-hybridized carbons (Fsp3) is 0.600. The van der Waals surface area contributed by atoms with Crippen LogP contribution in [-0.4, -0.2) is 36.9 Å². The van der Waals surface area contributed by atoms with Crippen LogP contribution in [-0.2, 0) is 0 Å². The normalized spacial score (nSPS) is 13.2. The second-order valence-corrected chi connectivity index (χ2v) is 3.34. The summed E-state index contributed by atoms with van der Waals surface area (Å²) in [7, 11) is 2.57. The second kappa shape index (κ2) is 5.85. The van der Waals surface area contributed by atoms with Gasteiger partial charge in [-0.05, 0) is 6.54 Å². The van der Waals surface area contributed by atoms with Gasteiger partial charge < -0.3 is 14.8 Å². The third-order valence-corrected chi connectivity index (χ3v) is 2.16. The molecule has 0 radical (unpaired) electrons. The van der Waals surface area contributed by atoms with Crippen LogP contribution in [0.1, 0.15) is 18.7 Å². The third kappa shape index (κ3) is 3.22. The minimum Gasteiger partial charge on any atom is -0.480 e. The number of ether oxygens (including phenoxy) is 2. The second-order valence-electron chi connectivity index (χ2n) is 3.34. The number of halogens is 3. The maximum Gasteiger partial charge on any atom is 0.409 e. The van der Waals surface area contributed by atoms with Crippen LogP contribution >= 0.6 is 0 Å². The molecular formula is C10H14F3N3O2. The van der Waals surface area contributed by atoms with Crippen LogP contribution in [0.15, 0.2) is 6.20 Å². The first kappa shape index (κ1) is 14.5. The van der Waals surface area contributed by atoms with Gasteiger partial charge in [0, 0.05) is 0 Å². The molecule has 1 aromatic rings. The van der Waals surface area contributed by atoms with Crippen molar-refractivity contribution in [3.8, 4) is 11.8 Å². The van der Waals surface area contributed by atoms with E-state index >= 15 is 0 Å². The topological polar surface area (TPSA) is 56.3 Å². The average molecular weight is 265 g/mol. The van der Waals surface area contributed by atoms with E-state index in [1.807, 2.05) is 0 Å². The zero-order valence-corrected chi connectivity index (χ0v) is 10.2. The van der Waals surface area contributed by atoms with Crippen LogP contribution in [0, 0.1) is 0 Å². The first-order valence-electron chi connectivity index (χ1n) is 5.19. The fourth-order valence-electron chi connectivity index (χ4n) is 1.38. The first-order valence-corrected chi connectivity index (χ1v) is 5.19. The number of aromatic nitrogens is 2. The Morgan fingerprint density at radius 1 is 1.33 bits per heavy atom. The highest BCUT2D eigenvalue weighted by Crippen LogP contribution is 2.35. The van der Waals surface area contributed by atoms with Gasteiger partial charge in [0.15, 0.2) is 6.04 Å². The van der Waals surface area contributed by atoms with Gasteiger partial charge in [-0.15, -0.1) is 0 Å². The molecule has 8 heteroatoms.